The summed E-state index contributed by atoms with van der Waals surface area (Å²) in [7, 11) is 5.38. The molecule has 1 aromatic carbocycles. The molecule has 6 N–H and O–H groups in total. The molecule has 0 saturated heterocycles. The maximum Gasteiger partial charge on any atom is 0.260 e. The number of anilines is 3. The van der Waals surface area contributed by atoms with E-state index in [0.717, 1.165) is 11.3 Å². The summed E-state index contributed by atoms with van der Waals surface area (Å²) in [5.41, 5.74) is 13.8. The van der Waals surface area contributed by atoms with E-state index >= 15 is 0 Å². The second-order valence-electron chi connectivity index (χ2n) is 7.25. The van der Waals surface area contributed by atoms with Crippen LogP contribution in [0.15, 0.2) is 24.3 Å². The van der Waals surface area contributed by atoms with Crippen molar-refractivity contribution < 1.29 is 14.7 Å². The molecule has 3 aromatic rings. The average Bonchev–Trinajstić information content (AvgIpc) is 3.04. The topological polar surface area (TPSA) is 151 Å². The van der Waals surface area contributed by atoms with E-state index in [1.165, 1.54) is 0 Å². The lowest BCUT2D eigenvalue weighted by molar-refractivity contribution is -0.117. The van der Waals surface area contributed by atoms with E-state index in [1.54, 1.807) is 35.0 Å². The Morgan fingerprint density at radius 3 is 2.61 bits per heavy atom. The van der Waals surface area contributed by atoms with Crippen LogP contribution < -0.4 is 21.7 Å². The predicted molar refractivity (Wildman–Crippen MR) is 123 cm³/mol. The number of likely N-dealkylation sites (N-methyl/N-ethyl adjacent to an activating group) is 1. The minimum Gasteiger partial charge on any atom is -0.397 e. The Labute approximate surface area is 183 Å². The third-order valence-corrected chi connectivity index (χ3v) is 5.63. The van der Waals surface area contributed by atoms with Crippen molar-refractivity contribution in [1.82, 2.24) is 14.9 Å². The zero-order valence-corrected chi connectivity index (χ0v) is 18.4. The lowest BCUT2D eigenvalue weighted by atomic mass is 10.1. The number of aliphatic hydroxyl groups is 1. The zero-order chi connectivity index (χ0) is 22.7. The standard InChI is InChI=1S/C20H25N7O3S/c1-26(2)20-24-16(14-15(21)17(18(22)30)31-19(14)25-20)11-5-4-6-12(9-11)23-13(29)10-27(3)7-8-28/h4-6,9,28H,7-8,10,21H2,1-3H3,(H2,22,30)(H,23,29). The summed E-state index contributed by atoms with van der Waals surface area (Å²) in [6.07, 6.45) is 0. The highest BCUT2D eigenvalue weighted by Gasteiger charge is 2.21. The van der Waals surface area contributed by atoms with Gasteiger partial charge in [0.1, 0.15) is 9.71 Å². The Morgan fingerprint density at radius 2 is 1.97 bits per heavy atom. The smallest absolute Gasteiger partial charge is 0.260 e. The SMILES string of the molecule is CN(CCO)CC(=O)Nc1cccc(-c2nc(N(C)C)nc3sc(C(N)=O)c(N)c23)c1. The quantitative estimate of drug-likeness (QED) is 0.402. The maximum atomic E-state index is 12.3. The first kappa shape index (κ1) is 22.4. The lowest BCUT2D eigenvalue weighted by Gasteiger charge is -2.15. The molecule has 3 rings (SSSR count). The predicted octanol–water partition coefficient (Wildman–Crippen LogP) is 0.968. The fraction of sp³-hybridized carbons (Fsp3) is 0.300. The fourth-order valence-electron chi connectivity index (χ4n) is 3.04. The van der Waals surface area contributed by atoms with Gasteiger partial charge in [0, 0.05) is 31.9 Å². The maximum absolute atomic E-state index is 12.3. The van der Waals surface area contributed by atoms with E-state index in [0.29, 0.717) is 39.7 Å². The molecule has 0 bridgehead atoms. The highest BCUT2D eigenvalue weighted by Crippen LogP contribution is 2.39. The van der Waals surface area contributed by atoms with E-state index < -0.39 is 5.91 Å². The summed E-state index contributed by atoms with van der Waals surface area (Å²) >= 11 is 1.13. The van der Waals surface area contributed by atoms with E-state index in [9.17, 15) is 9.59 Å². The molecule has 0 atom stereocenters. The molecular formula is C20H25N7O3S. The number of hydrogen-bond donors (Lipinski definition) is 4. The number of nitrogen functional groups attached to an aromatic ring is 1. The van der Waals surface area contributed by atoms with Crippen molar-refractivity contribution in [2.75, 3.05) is 56.8 Å². The summed E-state index contributed by atoms with van der Waals surface area (Å²) in [4.78, 5) is 37.5. The number of fused-ring (bicyclic) bond motifs is 1. The Hall–Kier alpha value is -3.28. The molecular weight excluding hydrogens is 418 g/mol. The number of nitrogens with two attached hydrogens (primary N) is 2. The largest absolute Gasteiger partial charge is 0.397 e. The van der Waals surface area contributed by atoms with Gasteiger partial charge in [-0.3, -0.25) is 14.5 Å². The van der Waals surface area contributed by atoms with Gasteiger partial charge in [-0.1, -0.05) is 12.1 Å². The zero-order valence-electron chi connectivity index (χ0n) is 17.5. The van der Waals surface area contributed by atoms with Crippen LogP contribution in [0.2, 0.25) is 0 Å². The van der Waals surface area contributed by atoms with Crippen molar-refractivity contribution in [3.8, 4) is 11.3 Å². The van der Waals surface area contributed by atoms with Gasteiger partial charge < -0.3 is 26.8 Å². The van der Waals surface area contributed by atoms with Crippen molar-refractivity contribution >= 4 is 50.7 Å². The molecule has 0 aliphatic heterocycles. The number of benzene rings is 1. The van der Waals surface area contributed by atoms with Crippen LogP contribution in [0, 0.1) is 0 Å². The molecule has 0 unspecified atom stereocenters. The number of hydrogen-bond acceptors (Lipinski definition) is 9. The van der Waals surface area contributed by atoms with E-state index in [1.807, 2.05) is 20.2 Å². The van der Waals surface area contributed by atoms with Crippen molar-refractivity contribution in [2.45, 2.75) is 0 Å². The molecule has 0 saturated carbocycles. The summed E-state index contributed by atoms with van der Waals surface area (Å²) in [6, 6.07) is 7.19. The van der Waals surface area contributed by atoms with Crippen LogP contribution in [0.3, 0.4) is 0 Å². The van der Waals surface area contributed by atoms with Crippen LogP contribution in [0.4, 0.5) is 17.3 Å². The van der Waals surface area contributed by atoms with Crippen LogP contribution >= 0.6 is 11.3 Å². The lowest BCUT2D eigenvalue weighted by Crippen LogP contribution is -2.32. The number of nitrogens with zero attached hydrogens (tertiary/aromatic N) is 4. The van der Waals surface area contributed by atoms with Crippen LogP contribution in [-0.4, -0.2) is 72.6 Å². The normalized spacial score (nSPS) is 11.1. The number of carbonyl (C=O) groups is 2. The number of primary amides is 1. The minimum atomic E-state index is -0.620. The van der Waals surface area contributed by atoms with Crippen molar-refractivity contribution in [2.24, 2.45) is 5.73 Å². The number of amides is 2. The van der Waals surface area contributed by atoms with Gasteiger partial charge in [-0.05, 0) is 19.2 Å². The van der Waals surface area contributed by atoms with Gasteiger partial charge in [0.25, 0.3) is 5.91 Å². The van der Waals surface area contributed by atoms with E-state index in [4.69, 9.17) is 16.6 Å². The molecule has 0 fully saturated rings. The monoisotopic (exact) mass is 443 g/mol. The van der Waals surface area contributed by atoms with E-state index in [2.05, 4.69) is 15.3 Å². The second-order valence-corrected chi connectivity index (χ2v) is 8.25. The van der Waals surface area contributed by atoms with Crippen LogP contribution in [-0.2, 0) is 4.79 Å². The molecule has 0 aliphatic carbocycles. The van der Waals surface area contributed by atoms with Gasteiger partial charge in [0.15, 0.2) is 0 Å². The molecule has 0 radical (unpaired) electrons. The van der Waals surface area contributed by atoms with Crippen molar-refractivity contribution in [3.05, 3.63) is 29.1 Å². The van der Waals surface area contributed by atoms with Crippen LogP contribution in [0.5, 0.6) is 0 Å². The van der Waals surface area contributed by atoms with Crippen LogP contribution in [0.25, 0.3) is 21.5 Å². The first-order valence-corrected chi connectivity index (χ1v) is 10.3. The Bertz CT molecular complexity index is 1130. The number of aliphatic hydroxyl groups excluding tert-OH is 1. The van der Waals surface area contributed by atoms with Gasteiger partial charge in [0.2, 0.25) is 11.9 Å². The summed E-state index contributed by atoms with van der Waals surface area (Å²) in [6.45, 7) is 0.526. The van der Waals surface area contributed by atoms with Gasteiger partial charge in [0.05, 0.1) is 29.9 Å². The summed E-state index contributed by atoms with van der Waals surface area (Å²) in [5, 5.41) is 12.4. The number of nitrogens with one attached hydrogen (secondary N) is 1. The molecule has 0 aliphatic rings. The van der Waals surface area contributed by atoms with Gasteiger partial charge in [-0.15, -0.1) is 11.3 Å². The fourth-order valence-corrected chi connectivity index (χ4v) is 3.98. The summed E-state index contributed by atoms with van der Waals surface area (Å²) < 4.78 is 0. The molecule has 2 heterocycles. The van der Waals surface area contributed by atoms with Gasteiger partial charge >= 0.3 is 0 Å². The van der Waals surface area contributed by atoms with Gasteiger partial charge in [-0.25, -0.2) is 9.97 Å². The Kier molecular flexibility index (Phi) is 6.68. The molecule has 10 nitrogen and oxygen atoms in total. The second kappa shape index (κ2) is 9.25. The first-order valence-electron chi connectivity index (χ1n) is 9.48. The number of rotatable bonds is 8. The molecule has 11 heteroatoms. The highest BCUT2D eigenvalue weighted by molar-refractivity contribution is 7.21. The third-order valence-electron chi connectivity index (χ3n) is 4.52. The van der Waals surface area contributed by atoms with Crippen molar-refractivity contribution in [3.63, 3.8) is 0 Å². The van der Waals surface area contributed by atoms with Gasteiger partial charge in [-0.2, -0.15) is 0 Å². The molecule has 2 aromatic heterocycles. The van der Waals surface area contributed by atoms with E-state index in [-0.39, 0.29) is 29.6 Å². The first-order chi connectivity index (χ1) is 14.7. The minimum absolute atomic E-state index is 0.0213. The Morgan fingerprint density at radius 1 is 1.23 bits per heavy atom. The molecule has 164 valence electrons. The molecule has 2 amide bonds. The molecule has 0 spiro atoms. The number of aromatic nitrogens is 2. The average molecular weight is 444 g/mol. The molecule has 31 heavy (non-hydrogen) atoms. The van der Waals surface area contributed by atoms with Crippen molar-refractivity contribution in [1.29, 1.82) is 0 Å². The highest BCUT2D eigenvalue weighted by atomic mass is 32.1. The summed E-state index contributed by atoms with van der Waals surface area (Å²) in [5.74, 6) is -0.369. The van der Waals surface area contributed by atoms with Crippen LogP contribution in [0.1, 0.15) is 9.67 Å². The number of carbonyl (C=O) groups excluding carboxylic acids is 2. The number of thiophene rings is 1. The Balaban J connectivity index is 2.04. The third kappa shape index (κ3) is 4.90.